The molecule has 1 heterocycles. The number of hydrogen-bond acceptors (Lipinski definition) is 5. The highest BCUT2D eigenvalue weighted by Gasteiger charge is 2.30. The third-order valence-corrected chi connectivity index (χ3v) is 2.15. The molecule has 0 radical (unpaired) electrons. The Bertz CT molecular complexity index is 261. The topological polar surface area (TPSA) is 105 Å². The van der Waals surface area contributed by atoms with Crippen LogP contribution in [0.15, 0.2) is 0 Å². The average Bonchev–Trinajstić information content (AvgIpc) is 2.25. The number of rotatable bonds is 4. The number of hydrogen-bond donors (Lipinski definition) is 3. The maximum absolute atomic E-state index is 11.5. The van der Waals surface area contributed by atoms with E-state index in [0.29, 0.717) is 13.2 Å². The standard InChI is InChI=1S/C9H15NO6/c1-5(11)7(9(13)14)10-8(12)6-4-15-2-3-16-6/h5-7,11H,2-4H2,1H3,(H,10,12)(H,13,14)/t5-,6?,7+/m1/s1. The minimum Gasteiger partial charge on any atom is -0.480 e. The monoisotopic (exact) mass is 233 g/mol. The van der Waals surface area contributed by atoms with E-state index in [-0.39, 0.29) is 6.61 Å². The number of aliphatic hydroxyl groups is 1. The summed E-state index contributed by atoms with van der Waals surface area (Å²) < 4.78 is 10.1. The van der Waals surface area contributed by atoms with E-state index >= 15 is 0 Å². The molecule has 1 unspecified atom stereocenters. The van der Waals surface area contributed by atoms with Gasteiger partial charge >= 0.3 is 5.97 Å². The number of amides is 1. The van der Waals surface area contributed by atoms with E-state index in [1.54, 1.807) is 0 Å². The van der Waals surface area contributed by atoms with E-state index in [1.165, 1.54) is 6.92 Å². The molecule has 0 spiro atoms. The van der Waals surface area contributed by atoms with Gasteiger partial charge < -0.3 is 25.0 Å². The zero-order valence-corrected chi connectivity index (χ0v) is 8.88. The lowest BCUT2D eigenvalue weighted by Crippen LogP contribution is -2.53. The molecule has 3 N–H and O–H groups in total. The first-order valence-corrected chi connectivity index (χ1v) is 4.93. The number of carbonyl (C=O) groups is 2. The highest BCUT2D eigenvalue weighted by Crippen LogP contribution is 2.02. The fourth-order valence-corrected chi connectivity index (χ4v) is 1.27. The molecule has 0 aromatic carbocycles. The Morgan fingerprint density at radius 2 is 2.12 bits per heavy atom. The molecule has 1 saturated heterocycles. The van der Waals surface area contributed by atoms with Gasteiger partial charge in [-0.25, -0.2) is 4.79 Å². The van der Waals surface area contributed by atoms with Crippen molar-refractivity contribution in [2.45, 2.75) is 25.2 Å². The number of aliphatic carboxylic acids is 1. The minimum absolute atomic E-state index is 0.0952. The fraction of sp³-hybridized carbons (Fsp3) is 0.778. The van der Waals surface area contributed by atoms with Crippen molar-refractivity contribution < 1.29 is 29.3 Å². The van der Waals surface area contributed by atoms with Gasteiger partial charge in [0.05, 0.1) is 25.9 Å². The van der Waals surface area contributed by atoms with Gasteiger partial charge in [0.25, 0.3) is 5.91 Å². The average molecular weight is 233 g/mol. The molecular formula is C9H15NO6. The van der Waals surface area contributed by atoms with Crippen LogP contribution in [0.2, 0.25) is 0 Å². The SMILES string of the molecule is C[C@@H](O)[C@H](NC(=O)C1COCCO1)C(=O)O. The molecule has 3 atom stereocenters. The maximum Gasteiger partial charge on any atom is 0.328 e. The van der Waals surface area contributed by atoms with Gasteiger partial charge in [-0.3, -0.25) is 4.79 Å². The van der Waals surface area contributed by atoms with Gasteiger partial charge in [0.15, 0.2) is 12.1 Å². The van der Waals surface area contributed by atoms with E-state index in [9.17, 15) is 9.59 Å². The third kappa shape index (κ3) is 3.44. The summed E-state index contributed by atoms with van der Waals surface area (Å²) in [5.74, 6) is -1.88. The number of aliphatic hydroxyl groups excluding tert-OH is 1. The fourth-order valence-electron chi connectivity index (χ4n) is 1.27. The van der Waals surface area contributed by atoms with Crippen molar-refractivity contribution in [1.82, 2.24) is 5.32 Å². The predicted octanol–water partition coefficient (Wildman–Crippen LogP) is -1.65. The maximum atomic E-state index is 11.5. The third-order valence-electron chi connectivity index (χ3n) is 2.15. The molecule has 7 heteroatoms. The van der Waals surface area contributed by atoms with Crippen molar-refractivity contribution in [1.29, 1.82) is 0 Å². The smallest absolute Gasteiger partial charge is 0.328 e. The first-order valence-electron chi connectivity index (χ1n) is 4.93. The second kappa shape index (κ2) is 5.78. The van der Waals surface area contributed by atoms with Gasteiger partial charge in [-0.1, -0.05) is 0 Å². The molecule has 0 aliphatic carbocycles. The van der Waals surface area contributed by atoms with Gasteiger partial charge in [-0.15, -0.1) is 0 Å². The lowest BCUT2D eigenvalue weighted by Gasteiger charge is -2.24. The predicted molar refractivity (Wildman–Crippen MR) is 51.8 cm³/mol. The largest absolute Gasteiger partial charge is 0.480 e. The highest BCUT2D eigenvalue weighted by molar-refractivity contribution is 5.86. The van der Waals surface area contributed by atoms with Crippen molar-refractivity contribution in [3.63, 3.8) is 0 Å². The van der Waals surface area contributed by atoms with Crippen LogP contribution >= 0.6 is 0 Å². The van der Waals surface area contributed by atoms with Crippen LogP contribution in [0.5, 0.6) is 0 Å². The Balaban J connectivity index is 2.50. The van der Waals surface area contributed by atoms with Crippen molar-refractivity contribution in [3.05, 3.63) is 0 Å². The van der Waals surface area contributed by atoms with Crippen LogP contribution in [0.3, 0.4) is 0 Å². The van der Waals surface area contributed by atoms with Crippen LogP contribution in [0.1, 0.15) is 6.92 Å². The molecule has 0 aromatic rings. The Morgan fingerprint density at radius 1 is 1.44 bits per heavy atom. The van der Waals surface area contributed by atoms with Gasteiger partial charge in [0, 0.05) is 0 Å². The van der Waals surface area contributed by atoms with Crippen LogP contribution in [-0.4, -0.2) is 60.2 Å². The van der Waals surface area contributed by atoms with E-state index in [1.807, 2.05) is 0 Å². The molecule has 1 aliphatic heterocycles. The van der Waals surface area contributed by atoms with E-state index in [0.717, 1.165) is 0 Å². The summed E-state index contributed by atoms with van der Waals surface area (Å²) in [5.41, 5.74) is 0. The van der Waals surface area contributed by atoms with Crippen molar-refractivity contribution >= 4 is 11.9 Å². The molecule has 1 fully saturated rings. The van der Waals surface area contributed by atoms with Gasteiger partial charge in [-0.2, -0.15) is 0 Å². The molecule has 1 aliphatic rings. The van der Waals surface area contributed by atoms with Crippen molar-refractivity contribution in [3.8, 4) is 0 Å². The molecular weight excluding hydrogens is 218 g/mol. The number of nitrogens with one attached hydrogen (secondary N) is 1. The number of carboxylic acid groups (broad SMARTS) is 1. The molecule has 16 heavy (non-hydrogen) atoms. The van der Waals surface area contributed by atoms with Crippen LogP contribution in [0.4, 0.5) is 0 Å². The summed E-state index contributed by atoms with van der Waals surface area (Å²) in [6.45, 7) is 2.10. The van der Waals surface area contributed by atoms with E-state index in [2.05, 4.69) is 5.32 Å². The van der Waals surface area contributed by atoms with Crippen LogP contribution < -0.4 is 5.32 Å². The van der Waals surface area contributed by atoms with Crippen molar-refractivity contribution in [2.75, 3.05) is 19.8 Å². The Morgan fingerprint density at radius 3 is 2.56 bits per heavy atom. The van der Waals surface area contributed by atoms with Gasteiger partial charge in [0.1, 0.15) is 0 Å². The molecule has 0 bridgehead atoms. The summed E-state index contributed by atoms with van der Waals surface area (Å²) >= 11 is 0. The molecule has 0 saturated carbocycles. The molecule has 1 amide bonds. The lowest BCUT2D eigenvalue weighted by molar-refractivity contribution is -0.154. The Hall–Kier alpha value is -1.18. The first kappa shape index (κ1) is 12.9. The zero-order chi connectivity index (χ0) is 12.1. The number of carboxylic acids is 1. The molecule has 1 rings (SSSR count). The molecule has 0 aromatic heterocycles. The number of carbonyl (C=O) groups excluding carboxylic acids is 1. The Labute approximate surface area is 92.3 Å². The summed E-state index contributed by atoms with van der Waals surface area (Å²) in [4.78, 5) is 22.2. The summed E-state index contributed by atoms with van der Waals surface area (Å²) in [5, 5.41) is 20.1. The summed E-state index contributed by atoms with van der Waals surface area (Å²) in [6.07, 6.45) is -1.99. The summed E-state index contributed by atoms with van der Waals surface area (Å²) in [7, 11) is 0. The second-order valence-electron chi connectivity index (χ2n) is 3.50. The van der Waals surface area contributed by atoms with Gasteiger partial charge in [0.2, 0.25) is 0 Å². The lowest BCUT2D eigenvalue weighted by atomic mass is 10.1. The van der Waals surface area contributed by atoms with Crippen LogP contribution in [-0.2, 0) is 19.1 Å². The zero-order valence-electron chi connectivity index (χ0n) is 8.88. The second-order valence-corrected chi connectivity index (χ2v) is 3.50. The van der Waals surface area contributed by atoms with E-state index < -0.39 is 30.1 Å². The van der Waals surface area contributed by atoms with Crippen LogP contribution in [0, 0.1) is 0 Å². The Kier molecular flexibility index (Phi) is 4.66. The number of ether oxygens (including phenoxy) is 2. The van der Waals surface area contributed by atoms with Crippen molar-refractivity contribution in [2.24, 2.45) is 0 Å². The minimum atomic E-state index is -1.34. The normalized spacial score (nSPS) is 24.5. The van der Waals surface area contributed by atoms with E-state index in [4.69, 9.17) is 19.7 Å². The first-order chi connectivity index (χ1) is 7.52. The van der Waals surface area contributed by atoms with Gasteiger partial charge in [-0.05, 0) is 6.92 Å². The molecule has 7 nitrogen and oxygen atoms in total. The molecule has 92 valence electrons. The quantitative estimate of drug-likeness (QED) is 0.537. The summed E-state index contributed by atoms with van der Waals surface area (Å²) in [6, 6.07) is -1.34. The van der Waals surface area contributed by atoms with Crippen LogP contribution in [0.25, 0.3) is 0 Å². The highest BCUT2D eigenvalue weighted by atomic mass is 16.6.